The highest BCUT2D eigenvalue weighted by atomic mass is 16.5. The van der Waals surface area contributed by atoms with Crippen molar-refractivity contribution in [2.24, 2.45) is 7.05 Å². The first-order valence-electron chi connectivity index (χ1n) is 5.23. The quantitative estimate of drug-likeness (QED) is 0.558. The molecule has 1 rings (SSSR count). The van der Waals surface area contributed by atoms with Crippen molar-refractivity contribution in [2.45, 2.75) is 26.7 Å². The van der Waals surface area contributed by atoms with Crippen molar-refractivity contribution >= 4 is 11.8 Å². The van der Waals surface area contributed by atoms with E-state index in [2.05, 4.69) is 5.10 Å². The molecule has 0 aliphatic carbocycles. The van der Waals surface area contributed by atoms with E-state index in [-0.39, 0.29) is 24.6 Å². The van der Waals surface area contributed by atoms with Gasteiger partial charge in [-0.3, -0.25) is 14.3 Å². The molecular formula is C11H16N2O3. The van der Waals surface area contributed by atoms with Crippen LogP contribution >= 0.6 is 0 Å². The molecule has 5 heteroatoms. The van der Waals surface area contributed by atoms with E-state index >= 15 is 0 Å². The highest BCUT2D eigenvalue weighted by molar-refractivity contribution is 5.98. The van der Waals surface area contributed by atoms with Gasteiger partial charge < -0.3 is 4.74 Å². The molecule has 5 nitrogen and oxygen atoms in total. The number of carbonyl (C=O) groups is 2. The van der Waals surface area contributed by atoms with Gasteiger partial charge >= 0.3 is 5.97 Å². The number of nitrogens with zero attached hydrogens (tertiary/aromatic N) is 2. The fraction of sp³-hybridized carbons (Fsp3) is 0.545. The molecule has 0 atom stereocenters. The molecular weight excluding hydrogens is 208 g/mol. The van der Waals surface area contributed by atoms with Gasteiger partial charge in [-0.25, -0.2) is 0 Å². The molecule has 1 aromatic rings. The molecule has 0 amide bonds. The van der Waals surface area contributed by atoms with Gasteiger partial charge in [-0.05, 0) is 13.8 Å². The third-order valence-electron chi connectivity index (χ3n) is 2.18. The molecule has 0 bridgehead atoms. The van der Waals surface area contributed by atoms with E-state index in [1.165, 1.54) is 0 Å². The maximum absolute atomic E-state index is 11.7. The van der Waals surface area contributed by atoms with Gasteiger partial charge in [0, 0.05) is 19.7 Å². The topological polar surface area (TPSA) is 61.2 Å². The second kappa shape index (κ2) is 5.44. The summed E-state index contributed by atoms with van der Waals surface area (Å²) in [5.74, 6) is -0.406. The Balaban J connectivity index is 2.53. The summed E-state index contributed by atoms with van der Waals surface area (Å²) in [5, 5.41) is 4.08. The standard InChI is InChI=1S/C11H16N2O3/c1-4-16-11(15)6-5-10(14)9-7-13(3)12-8(9)2/h7H,4-6H2,1-3H3. The predicted octanol–water partition coefficient (Wildman–Crippen LogP) is 1.25. The van der Waals surface area contributed by atoms with Crippen molar-refractivity contribution in [2.75, 3.05) is 6.61 Å². The SMILES string of the molecule is CCOC(=O)CCC(=O)c1cn(C)nc1C. The Morgan fingerprint density at radius 3 is 2.62 bits per heavy atom. The minimum absolute atomic E-state index is 0.0707. The minimum Gasteiger partial charge on any atom is -0.466 e. The van der Waals surface area contributed by atoms with Crippen LogP contribution in [0.2, 0.25) is 0 Å². The Hall–Kier alpha value is -1.65. The van der Waals surface area contributed by atoms with Gasteiger partial charge in [0.1, 0.15) is 0 Å². The van der Waals surface area contributed by atoms with Crippen LogP contribution in [0.5, 0.6) is 0 Å². The highest BCUT2D eigenvalue weighted by Gasteiger charge is 2.14. The van der Waals surface area contributed by atoms with Crippen molar-refractivity contribution in [3.8, 4) is 0 Å². The number of rotatable bonds is 5. The summed E-state index contributed by atoms with van der Waals surface area (Å²) < 4.78 is 6.34. The first-order valence-corrected chi connectivity index (χ1v) is 5.23. The Bertz CT molecular complexity index is 396. The summed E-state index contributed by atoms with van der Waals surface area (Å²) in [6.07, 6.45) is 1.97. The monoisotopic (exact) mass is 224 g/mol. The molecule has 0 aliphatic rings. The molecule has 0 unspecified atom stereocenters. The number of hydrogen-bond acceptors (Lipinski definition) is 4. The zero-order valence-corrected chi connectivity index (χ0v) is 9.82. The largest absolute Gasteiger partial charge is 0.466 e. The Morgan fingerprint density at radius 2 is 2.12 bits per heavy atom. The fourth-order valence-electron chi connectivity index (χ4n) is 1.46. The zero-order valence-electron chi connectivity index (χ0n) is 9.82. The molecule has 0 radical (unpaired) electrons. The average Bonchev–Trinajstić information content (AvgIpc) is 2.55. The van der Waals surface area contributed by atoms with Crippen molar-refractivity contribution < 1.29 is 14.3 Å². The van der Waals surface area contributed by atoms with Gasteiger partial charge in [0.05, 0.1) is 24.3 Å². The molecule has 0 fully saturated rings. The molecule has 0 aromatic carbocycles. The van der Waals surface area contributed by atoms with E-state index in [9.17, 15) is 9.59 Å². The summed E-state index contributed by atoms with van der Waals surface area (Å²) in [7, 11) is 1.76. The Morgan fingerprint density at radius 1 is 1.44 bits per heavy atom. The average molecular weight is 224 g/mol. The van der Waals surface area contributed by atoms with Gasteiger partial charge in [0.2, 0.25) is 0 Å². The van der Waals surface area contributed by atoms with Crippen LogP contribution in [0.4, 0.5) is 0 Å². The van der Waals surface area contributed by atoms with Crippen molar-refractivity contribution in [3.63, 3.8) is 0 Å². The molecule has 0 saturated carbocycles. The molecule has 0 spiro atoms. The lowest BCUT2D eigenvalue weighted by atomic mass is 10.1. The second-order valence-electron chi connectivity index (χ2n) is 3.53. The van der Waals surface area contributed by atoms with Crippen LogP contribution < -0.4 is 0 Å². The van der Waals surface area contributed by atoms with Gasteiger partial charge in [-0.1, -0.05) is 0 Å². The van der Waals surface area contributed by atoms with Gasteiger partial charge in [0.15, 0.2) is 5.78 Å². The van der Waals surface area contributed by atoms with E-state index in [1.807, 2.05) is 0 Å². The van der Waals surface area contributed by atoms with Crippen LogP contribution in [0.1, 0.15) is 35.8 Å². The minimum atomic E-state index is -0.336. The maximum Gasteiger partial charge on any atom is 0.306 e. The van der Waals surface area contributed by atoms with Gasteiger partial charge in [0.25, 0.3) is 0 Å². The molecule has 88 valence electrons. The molecule has 0 aliphatic heterocycles. The summed E-state index contributed by atoms with van der Waals surface area (Å²) >= 11 is 0. The van der Waals surface area contributed by atoms with Crippen molar-refractivity contribution in [1.82, 2.24) is 9.78 Å². The van der Waals surface area contributed by atoms with E-state index in [0.717, 1.165) is 0 Å². The van der Waals surface area contributed by atoms with E-state index in [1.54, 1.807) is 31.8 Å². The van der Waals surface area contributed by atoms with Gasteiger partial charge in [-0.15, -0.1) is 0 Å². The Kier molecular flexibility index (Phi) is 4.22. The summed E-state index contributed by atoms with van der Waals surface area (Å²) in [6, 6.07) is 0. The second-order valence-corrected chi connectivity index (χ2v) is 3.53. The number of aryl methyl sites for hydroxylation is 2. The van der Waals surface area contributed by atoms with Crippen molar-refractivity contribution in [1.29, 1.82) is 0 Å². The molecule has 16 heavy (non-hydrogen) atoms. The number of hydrogen-bond donors (Lipinski definition) is 0. The van der Waals surface area contributed by atoms with E-state index in [0.29, 0.717) is 17.9 Å². The summed E-state index contributed by atoms with van der Waals surface area (Å²) in [6.45, 7) is 3.86. The molecule has 0 N–H and O–H groups in total. The molecule has 1 aromatic heterocycles. The Labute approximate surface area is 94.4 Å². The normalized spacial score (nSPS) is 10.2. The third kappa shape index (κ3) is 3.18. The van der Waals surface area contributed by atoms with Crippen molar-refractivity contribution in [3.05, 3.63) is 17.5 Å². The summed E-state index contributed by atoms with van der Waals surface area (Å²) in [5.41, 5.74) is 1.27. The third-order valence-corrected chi connectivity index (χ3v) is 2.18. The van der Waals surface area contributed by atoms with Crippen LogP contribution in [-0.2, 0) is 16.6 Å². The lowest BCUT2D eigenvalue weighted by molar-refractivity contribution is -0.143. The number of ether oxygens (including phenoxy) is 1. The van der Waals surface area contributed by atoms with Crippen LogP contribution in [0.3, 0.4) is 0 Å². The first-order chi connectivity index (χ1) is 7.54. The van der Waals surface area contributed by atoms with E-state index < -0.39 is 0 Å². The number of Topliss-reactive ketones (excluding diaryl/α,β-unsaturated/α-hetero) is 1. The predicted molar refractivity (Wildman–Crippen MR) is 58.1 cm³/mol. The highest BCUT2D eigenvalue weighted by Crippen LogP contribution is 2.09. The fourth-order valence-corrected chi connectivity index (χ4v) is 1.46. The van der Waals surface area contributed by atoms with Crippen LogP contribution in [0.15, 0.2) is 6.20 Å². The number of carbonyl (C=O) groups excluding carboxylic acids is 2. The number of ketones is 1. The zero-order chi connectivity index (χ0) is 12.1. The van der Waals surface area contributed by atoms with Crippen LogP contribution in [0.25, 0.3) is 0 Å². The lowest BCUT2D eigenvalue weighted by Gasteiger charge is -2.00. The van der Waals surface area contributed by atoms with Crippen LogP contribution in [0, 0.1) is 6.92 Å². The van der Waals surface area contributed by atoms with Crippen LogP contribution in [-0.4, -0.2) is 28.1 Å². The number of esters is 1. The summed E-state index contributed by atoms with van der Waals surface area (Å²) in [4.78, 5) is 22.8. The molecule has 0 saturated heterocycles. The smallest absolute Gasteiger partial charge is 0.306 e. The van der Waals surface area contributed by atoms with Gasteiger partial charge in [-0.2, -0.15) is 5.10 Å². The lowest BCUT2D eigenvalue weighted by Crippen LogP contribution is -2.08. The molecule has 1 heterocycles. The number of aromatic nitrogens is 2. The first kappa shape index (κ1) is 12.4. The van der Waals surface area contributed by atoms with E-state index in [4.69, 9.17) is 4.74 Å². The maximum atomic E-state index is 11.7.